The molecule has 0 bridgehead atoms. The SMILES string of the molecule is CC.CC.COc1ccc(C(c2ccc(Br)nc2)C(C)c2ccncc2)cc1OC. The Bertz CT molecular complexity index is 855. The lowest BCUT2D eigenvalue weighted by molar-refractivity contribution is 0.354. The second kappa shape index (κ2) is 13.8. The van der Waals surface area contributed by atoms with Gasteiger partial charge in [-0.05, 0) is 68.9 Å². The van der Waals surface area contributed by atoms with Crippen molar-refractivity contribution >= 4 is 15.9 Å². The van der Waals surface area contributed by atoms with Crippen LogP contribution in [0, 0.1) is 0 Å². The molecule has 0 aliphatic rings. The van der Waals surface area contributed by atoms with Gasteiger partial charge in [-0.1, -0.05) is 46.8 Å². The van der Waals surface area contributed by atoms with Crippen molar-refractivity contribution in [3.63, 3.8) is 0 Å². The molecule has 0 aliphatic carbocycles. The van der Waals surface area contributed by atoms with Gasteiger partial charge in [0.2, 0.25) is 0 Å². The van der Waals surface area contributed by atoms with E-state index >= 15 is 0 Å². The fourth-order valence-electron chi connectivity index (χ4n) is 3.25. The number of aromatic nitrogens is 2. The van der Waals surface area contributed by atoms with Crippen LogP contribution < -0.4 is 9.47 Å². The summed E-state index contributed by atoms with van der Waals surface area (Å²) in [6.07, 6.45) is 5.58. The summed E-state index contributed by atoms with van der Waals surface area (Å²) in [6.45, 7) is 10.2. The van der Waals surface area contributed by atoms with Gasteiger partial charge in [-0.2, -0.15) is 0 Å². The first-order chi connectivity index (χ1) is 14.6. The van der Waals surface area contributed by atoms with E-state index in [1.165, 1.54) is 5.56 Å². The van der Waals surface area contributed by atoms with Crippen LogP contribution in [0.25, 0.3) is 0 Å². The maximum Gasteiger partial charge on any atom is 0.161 e. The summed E-state index contributed by atoms with van der Waals surface area (Å²) < 4.78 is 11.7. The number of methoxy groups -OCH3 is 2. The summed E-state index contributed by atoms with van der Waals surface area (Å²) in [7, 11) is 3.30. The highest BCUT2D eigenvalue weighted by molar-refractivity contribution is 9.10. The third-order valence-corrected chi connectivity index (χ3v) is 5.08. The van der Waals surface area contributed by atoms with Crippen molar-refractivity contribution in [1.82, 2.24) is 9.97 Å². The zero-order valence-corrected chi connectivity index (χ0v) is 20.6. The van der Waals surface area contributed by atoms with Gasteiger partial charge >= 0.3 is 0 Å². The monoisotopic (exact) mass is 472 g/mol. The quantitative estimate of drug-likeness (QED) is 0.354. The van der Waals surface area contributed by atoms with Crippen LogP contribution in [0.3, 0.4) is 0 Å². The summed E-state index contributed by atoms with van der Waals surface area (Å²) in [5.41, 5.74) is 3.52. The lowest BCUT2D eigenvalue weighted by Gasteiger charge is -2.26. The Labute approximate surface area is 189 Å². The topological polar surface area (TPSA) is 44.2 Å². The molecule has 0 aliphatic heterocycles. The van der Waals surface area contributed by atoms with Gasteiger partial charge in [0.25, 0.3) is 0 Å². The molecule has 0 N–H and O–H groups in total. The van der Waals surface area contributed by atoms with Crippen LogP contribution in [0.2, 0.25) is 0 Å². The second-order valence-electron chi connectivity index (χ2n) is 6.08. The molecule has 5 heteroatoms. The number of hydrogen-bond donors (Lipinski definition) is 0. The molecule has 4 nitrogen and oxygen atoms in total. The van der Waals surface area contributed by atoms with Crippen molar-refractivity contribution in [2.24, 2.45) is 0 Å². The van der Waals surface area contributed by atoms with Gasteiger partial charge in [0.05, 0.1) is 14.2 Å². The molecule has 0 saturated heterocycles. The molecule has 2 atom stereocenters. The second-order valence-corrected chi connectivity index (χ2v) is 6.89. The van der Waals surface area contributed by atoms with E-state index < -0.39 is 0 Å². The largest absolute Gasteiger partial charge is 0.493 e. The zero-order valence-electron chi connectivity index (χ0n) is 19.0. The Morgan fingerprint density at radius 2 is 1.37 bits per heavy atom. The lowest BCUT2D eigenvalue weighted by Crippen LogP contribution is -2.11. The molecule has 162 valence electrons. The first-order valence-corrected chi connectivity index (χ1v) is 11.2. The number of ether oxygens (including phenoxy) is 2. The predicted octanol–water partition coefficient (Wildman–Crippen LogP) is 7.24. The average molecular weight is 473 g/mol. The highest BCUT2D eigenvalue weighted by Gasteiger charge is 2.24. The van der Waals surface area contributed by atoms with Gasteiger partial charge in [-0.15, -0.1) is 0 Å². The van der Waals surface area contributed by atoms with E-state index in [4.69, 9.17) is 9.47 Å². The zero-order chi connectivity index (χ0) is 22.5. The highest BCUT2D eigenvalue weighted by atomic mass is 79.9. The summed E-state index contributed by atoms with van der Waals surface area (Å²) in [6, 6.07) is 14.3. The molecule has 1 aromatic carbocycles. The Kier molecular flexibility index (Phi) is 11.8. The van der Waals surface area contributed by atoms with Crippen LogP contribution >= 0.6 is 15.9 Å². The van der Waals surface area contributed by atoms with E-state index in [2.05, 4.69) is 57.1 Å². The van der Waals surface area contributed by atoms with Gasteiger partial charge in [-0.25, -0.2) is 4.98 Å². The standard InChI is InChI=1S/C21H21BrN2O2.2C2H6/c1-14(15-8-10-23-11-9-15)21(17-5-7-20(22)24-13-17)16-4-6-18(25-2)19(12-16)26-3;2*1-2/h4-14,21H,1-3H3;2*1-2H3. The molecule has 0 spiro atoms. The molecular weight excluding hydrogens is 440 g/mol. The van der Waals surface area contributed by atoms with Crippen molar-refractivity contribution < 1.29 is 9.47 Å². The Balaban J connectivity index is 0.00000106. The van der Waals surface area contributed by atoms with Crippen LogP contribution in [0.1, 0.15) is 63.1 Å². The van der Waals surface area contributed by atoms with Crippen molar-refractivity contribution in [1.29, 1.82) is 0 Å². The molecule has 2 unspecified atom stereocenters. The van der Waals surface area contributed by atoms with E-state index in [0.29, 0.717) is 0 Å². The van der Waals surface area contributed by atoms with E-state index in [1.807, 2.05) is 64.5 Å². The van der Waals surface area contributed by atoms with E-state index in [9.17, 15) is 0 Å². The van der Waals surface area contributed by atoms with Crippen LogP contribution in [-0.4, -0.2) is 24.2 Å². The van der Waals surface area contributed by atoms with Crippen LogP contribution in [0.15, 0.2) is 65.7 Å². The Morgan fingerprint density at radius 1 is 0.767 bits per heavy atom. The fourth-order valence-corrected chi connectivity index (χ4v) is 3.48. The van der Waals surface area contributed by atoms with E-state index in [0.717, 1.165) is 27.2 Å². The van der Waals surface area contributed by atoms with Crippen molar-refractivity contribution in [2.75, 3.05) is 14.2 Å². The number of rotatable bonds is 6. The van der Waals surface area contributed by atoms with Gasteiger partial charge in [0, 0.05) is 24.5 Å². The average Bonchev–Trinajstić information content (AvgIpc) is 2.83. The third kappa shape index (κ3) is 6.56. The van der Waals surface area contributed by atoms with Crippen molar-refractivity contribution in [3.8, 4) is 11.5 Å². The molecule has 2 heterocycles. The van der Waals surface area contributed by atoms with E-state index in [-0.39, 0.29) is 11.8 Å². The minimum absolute atomic E-state index is 0.123. The molecular formula is C25H33BrN2O2. The molecule has 0 fully saturated rings. The van der Waals surface area contributed by atoms with Crippen LogP contribution in [-0.2, 0) is 0 Å². The first kappa shape index (κ1) is 25.6. The molecule has 30 heavy (non-hydrogen) atoms. The maximum atomic E-state index is 5.51. The Morgan fingerprint density at radius 3 is 1.90 bits per heavy atom. The summed E-state index contributed by atoms with van der Waals surface area (Å²) in [5.74, 6) is 1.80. The lowest BCUT2D eigenvalue weighted by atomic mass is 9.79. The first-order valence-electron chi connectivity index (χ1n) is 10.4. The normalized spacial score (nSPS) is 11.7. The van der Waals surface area contributed by atoms with Crippen LogP contribution in [0.4, 0.5) is 0 Å². The van der Waals surface area contributed by atoms with Crippen molar-refractivity contribution in [2.45, 2.75) is 46.5 Å². The van der Waals surface area contributed by atoms with Gasteiger partial charge in [0.15, 0.2) is 11.5 Å². The number of hydrogen-bond acceptors (Lipinski definition) is 4. The highest BCUT2D eigenvalue weighted by Crippen LogP contribution is 2.41. The van der Waals surface area contributed by atoms with E-state index in [1.54, 1.807) is 14.2 Å². The van der Waals surface area contributed by atoms with Gasteiger partial charge in [-0.3, -0.25) is 4.98 Å². The molecule has 0 amide bonds. The Hall–Kier alpha value is -2.40. The maximum absolute atomic E-state index is 5.51. The predicted molar refractivity (Wildman–Crippen MR) is 129 cm³/mol. The van der Waals surface area contributed by atoms with Crippen molar-refractivity contribution in [3.05, 3.63) is 82.3 Å². The number of nitrogens with zero attached hydrogens (tertiary/aromatic N) is 2. The van der Waals surface area contributed by atoms with Gasteiger partial charge in [0.1, 0.15) is 4.60 Å². The number of halogens is 1. The minimum Gasteiger partial charge on any atom is -0.493 e. The number of benzene rings is 1. The smallest absolute Gasteiger partial charge is 0.161 e. The van der Waals surface area contributed by atoms with Gasteiger partial charge < -0.3 is 9.47 Å². The molecule has 2 aromatic heterocycles. The summed E-state index contributed by atoms with van der Waals surface area (Å²) >= 11 is 3.42. The summed E-state index contributed by atoms with van der Waals surface area (Å²) in [4.78, 5) is 8.57. The minimum atomic E-state index is 0.123. The molecule has 0 saturated carbocycles. The third-order valence-electron chi connectivity index (χ3n) is 4.61. The molecule has 3 rings (SSSR count). The molecule has 3 aromatic rings. The van der Waals surface area contributed by atoms with Crippen LogP contribution in [0.5, 0.6) is 11.5 Å². The number of pyridine rings is 2. The fraction of sp³-hybridized carbons (Fsp3) is 0.360. The summed E-state index contributed by atoms with van der Waals surface area (Å²) in [5, 5.41) is 0. The molecule has 0 radical (unpaired) electrons.